The maximum absolute atomic E-state index is 12.2. The Morgan fingerprint density at radius 3 is 2.67 bits per heavy atom. The van der Waals surface area contributed by atoms with E-state index >= 15 is 0 Å². The maximum atomic E-state index is 12.2. The Hall–Kier alpha value is -1.12. The predicted molar refractivity (Wildman–Crippen MR) is 76.7 cm³/mol. The van der Waals surface area contributed by atoms with Crippen molar-refractivity contribution in [1.82, 2.24) is 9.80 Å². The lowest BCUT2D eigenvalue weighted by molar-refractivity contribution is -0.148. The molecule has 0 aromatic carbocycles. The molecule has 8 heteroatoms. The number of hydrogen-bond acceptors (Lipinski definition) is 7. The molecule has 2 saturated heterocycles. The highest BCUT2D eigenvalue weighted by Crippen LogP contribution is 2.29. The minimum Gasteiger partial charge on any atom is -0.463 e. The van der Waals surface area contributed by atoms with Gasteiger partial charge in [0, 0.05) is 13.1 Å². The highest BCUT2D eigenvalue weighted by atomic mass is 32.2. The van der Waals surface area contributed by atoms with E-state index in [1.165, 1.54) is 4.90 Å². The smallest absolute Gasteiger partial charge is 0.307 e. The molecule has 2 heterocycles. The van der Waals surface area contributed by atoms with Gasteiger partial charge in [-0.3, -0.25) is 24.2 Å². The maximum Gasteiger partial charge on any atom is 0.307 e. The van der Waals surface area contributed by atoms with Crippen LogP contribution < -0.4 is 0 Å². The molecule has 2 amide bonds. The van der Waals surface area contributed by atoms with Crippen LogP contribution in [0.5, 0.6) is 0 Å². The van der Waals surface area contributed by atoms with Crippen LogP contribution in [0.25, 0.3) is 0 Å². The van der Waals surface area contributed by atoms with Gasteiger partial charge < -0.3 is 9.47 Å². The summed E-state index contributed by atoms with van der Waals surface area (Å²) in [5.74, 6) is -0.755. The quantitative estimate of drug-likeness (QED) is 0.690. The summed E-state index contributed by atoms with van der Waals surface area (Å²) in [7, 11) is 0. The van der Waals surface area contributed by atoms with Gasteiger partial charge in [-0.2, -0.15) is 0 Å². The Morgan fingerprint density at radius 2 is 2.05 bits per heavy atom. The Bertz CT molecular complexity index is 423. The Morgan fingerprint density at radius 1 is 1.38 bits per heavy atom. The van der Waals surface area contributed by atoms with Crippen LogP contribution in [0.1, 0.15) is 20.3 Å². The molecular weight excluding hydrogens is 296 g/mol. The molecule has 0 spiro atoms. The standard InChI is InChI=1S/C13H20N2O5S/c1-9(2)20-11(16)7-10-12(17)15(13(18)21-10)8-14-3-5-19-6-4-14/h9-10H,3-8H2,1-2H3. The van der Waals surface area contributed by atoms with Gasteiger partial charge in [0.2, 0.25) is 5.91 Å². The predicted octanol–water partition coefficient (Wildman–Crippen LogP) is 0.682. The number of esters is 1. The molecule has 0 aromatic heterocycles. The van der Waals surface area contributed by atoms with Gasteiger partial charge in [-0.05, 0) is 13.8 Å². The Balaban J connectivity index is 1.88. The van der Waals surface area contributed by atoms with Crippen molar-refractivity contribution >= 4 is 28.9 Å². The number of carbonyl (C=O) groups excluding carboxylic acids is 3. The van der Waals surface area contributed by atoms with Gasteiger partial charge in [0.05, 0.1) is 32.4 Å². The first-order valence-corrected chi connectivity index (χ1v) is 7.87. The second kappa shape index (κ2) is 7.24. The zero-order chi connectivity index (χ0) is 15.4. The minimum absolute atomic E-state index is 0.0625. The average Bonchev–Trinajstić information content (AvgIpc) is 2.67. The van der Waals surface area contributed by atoms with Gasteiger partial charge in [-0.1, -0.05) is 11.8 Å². The third-order valence-corrected chi connectivity index (χ3v) is 4.24. The molecule has 2 rings (SSSR count). The van der Waals surface area contributed by atoms with Crippen LogP contribution in [0.15, 0.2) is 0 Å². The van der Waals surface area contributed by atoms with Crippen molar-refractivity contribution in [2.24, 2.45) is 0 Å². The largest absolute Gasteiger partial charge is 0.463 e. The van der Waals surface area contributed by atoms with Crippen LogP contribution in [0.2, 0.25) is 0 Å². The first kappa shape index (κ1) is 16.3. The van der Waals surface area contributed by atoms with E-state index in [1.54, 1.807) is 13.8 Å². The normalized spacial score (nSPS) is 24.0. The van der Waals surface area contributed by atoms with Gasteiger partial charge in [-0.15, -0.1) is 0 Å². The summed E-state index contributed by atoms with van der Waals surface area (Å²) in [4.78, 5) is 39.0. The first-order valence-electron chi connectivity index (χ1n) is 6.99. The molecule has 2 aliphatic heterocycles. The summed E-state index contributed by atoms with van der Waals surface area (Å²) in [5, 5.41) is -0.960. The number of carbonyl (C=O) groups is 3. The number of amides is 2. The topological polar surface area (TPSA) is 76.2 Å². The third-order valence-electron chi connectivity index (χ3n) is 3.17. The lowest BCUT2D eigenvalue weighted by Gasteiger charge is -2.29. The zero-order valence-corrected chi connectivity index (χ0v) is 13.1. The lowest BCUT2D eigenvalue weighted by atomic mass is 10.2. The number of hydrogen-bond donors (Lipinski definition) is 0. The van der Waals surface area contributed by atoms with E-state index in [4.69, 9.17) is 9.47 Å². The van der Waals surface area contributed by atoms with Gasteiger partial charge in [0.1, 0.15) is 5.25 Å². The monoisotopic (exact) mass is 316 g/mol. The molecule has 21 heavy (non-hydrogen) atoms. The molecule has 2 fully saturated rings. The van der Waals surface area contributed by atoms with Crippen LogP contribution in [0.3, 0.4) is 0 Å². The van der Waals surface area contributed by atoms with Crippen molar-refractivity contribution in [3.05, 3.63) is 0 Å². The number of nitrogens with zero attached hydrogens (tertiary/aromatic N) is 2. The Kier molecular flexibility index (Phi) is 5.60. The fraction of sp³-hybridized carbons (Fsp3) is 0.769. The average molecular weight is 316 g/mol. The van der Waals surface area contributed by atoms with E-state index in [2.05, 4.69) is 0 Å². The van der Waals surface area contributed by atoms with Crippen molar-refractivity contribution in [2.75, 3.05) is 33.0 Å². The van der Waals surface area contributed by atoms with E-state index < -0.39 is 11.2 Å². The summed E-state index contributed by atoms with van der Waals surface area (Å²) < 4.78 is 10.3. The summed E-state index contributed by atoms with van der Waals surface area (Å²) in [6.07, 6.45) is -0.285. The van der Waals surface area contributed by atoms with E-state index in [1.807, 2.05) is 4.90 Å². The second-order valence-corrected chi connectivity index (χ2v) is 6.41. The van der Waals surface area contributed by atoms with Crippen LogP contribution in [-0.2, 0) is 19.1 Å². The molecular formula is C13H20N2O5S. The number of ether oxygens (including phenoxy) is 2. The number of morpholine rings is 1. The number of rotatable bonds is 5. The molecule has 1 unspecified atom stereocenters. The van der Waals surface area contributed by atoms with Crippen LogP contribution >= 0.6 is 11.8 Å². The Labute approximate surface area is 127 Å². The fourth-order valence-corrected chi connectivity index (χ4v) is 3.13. The van der Waals surface area contributed by atoms with E-state index in [0.29, 0.717) is 26.3 Å². The highest BCUT2D eigenvalue weighted by molar-refractivity contribution is 8.15. The van der Waals surface area contributed by atoms with Crippen molar-refractivity contribution in [3.63, 3.8) is 0 Å². The summed E-state index contributed by atoms with van der Waals surface area (Å²) in [5.41, 5.74) is 0. The van der Waals surface area contributed by atoms with E-state index in [9.17, 15) is 14.4 Å². The van der Waals surface area contributed by atoms with Crippen molar-refractivity contribution < 1.29 is 23.9 Å². The fourth-order valence-electron chi connectivity index (χ4n) is 2.16. The van der Waals surface area contributed by atoms with Crippen LogP contribution in [-0.4, -0.2) is 71.2 Å². The molecule has 0 aliphatic carbocycles. The zero-order valence-electron chi connectivity index (χ0n) is 12.2. The summed E-state index contributed by atoms with van der Waals surface area (Å²) >= 11 is 0.904. The molecule has 0 aromatic rings. The van der Waals surface area contributed by atoms with Gasteiger partial charge in [0.15, 0.2) is 0 Å². The van der Waals surface area contributed by atoms with Crippen molar-refractivity contribution in [1.29, 1.82) is 0 Å². The second-order valence-electron chi connectivity index (χ2n) is 5.25. The van der Waals surface area contributed by atoms with E-state index in [-0.39, 0.29) is 30.3 Å². The van der Waals surface area contributed by atoms with Crippen molar-refractivity contribution in [2.45, 2.75) is 31.6 Å². The third kappa shape index (κ3) is 4.42. The van der Waals surface area contributed by atoms with Gasteiger partial charge in [-0.25, -0.2) is 0 Å². The summed E-state index contributed by atoms with van der Waals surface area (Å²) in [6.45, 7) is 6.36. The van der Waals surface area contributed by atoms with Crippen molar-refractivity contribution in [3.8, 4) is 0 Å². The summed E-state index contributed by atoms with van der Waals surface area (Å²) in [6, 6.07) is 0. The first-order chi connectivity index (χ1) is 9.97. The lowest BCUT2D eigenvalue weighted by Crippen LogP contribution is -2.46. The molecule has 0 bridgehead atoms. The molecule has 2 aliphatic rings. The highest BCUT2D eigenvalue weighted by Gasteiger charge is 2.41. The molecule has 118 valence electrons. The molecule has 1 atom stereocenters. The SMILES string of the molecule is CC(C)OC(=O)CC1SC(=O)N(CN2CCOCC2)C1=O. The van der Waals surface area contributed by atoms with Gasteiger partial charge >= 0.3 is 5.97 Å². The minimum atomic E-state index is -0.662. The molecule has 0 radical (unpaired) electrons. The molecule has 7 nitrogen and oxygen atoms in total. The number of thioether (sulfide) groups is 1. The van der Waals surface area contributed by atoms with Crippen LogP contribution in [0, 0.1) is 0 Å². The van der Waals surface area contributed by atoms with E-state index in [0.717, 1.165) is 11.8 Å². The molecule has 0 N–H and O–H groups in total. The van der Waals surface area contributed by atoms with Crippen LogP contribution in [0.4, 0.5) is 4.79 Å². The number of imide groups is 1. The molecule has 0 saturated carbocycles. The van der Waals surface area contributed by atoms with Gasteiger partial charge in [0.25, 0.3) is 5.24 Å².